The molecule has 5 heteroatoms. The van der Waals surface area contributed by atoms with E-state index >= 15 is 0 Å². The molecule has 144 valence electrons. The Balaban J connectivity index is 2.13. The average Bonchev–Trinajstić information content (AvgIpc) is 2.85. The van der Waals surface area contributed by atoms with Crippen LogP contribution in [0.25, 0.3) is 0 Å². The Hall–Kier alpha value is -2.04. The molecule has 0 spiro atoms. The molecule has 2 rings (SSSR count). The lowest BCUT2D eigenvalue weighted by Gasteiger charge is -2.28. The first kappa shape index (κ1) is 20.3. The van der Waals surface area contributed by atoms with Gasteiger partial charge in [0.15, 0.2) is 0 Å². The number of carbonyl (C=O) groups is 2. The van der Waals surface area contributed by atoms with Gasteiger partial charge in [-0.15, -0.1) is 0 Å². The maximum Gasteiger partial charge on any atom is 0.253 e. The highest BCUT2D eigenvalue weighted by atomic mass is 16.5. The average molecular weight is 360 g/mol. The smallest absolute Gasteiger partial charge is 0.253 e. The standard InChI is InChI=1S/C21H32N2O3/c1-15(2)17-14-16(8-9-18(17)26-6)19(24)22-10-7-11-23(13-12-22)20(25)21(3,4)5/h8-9,14-15H,7,10-13H2,1-6H3. The van der Waals surface area contributed by atoms with Crippen LogP contribution in [-0.4, -0.2) is 54.9 Å². The van der Waals surface area contributed by atoms with E-state index < -0.39 is 0 Å². The number of benzene rings is 1. The summed E-state index contributed by atoms with van der Waals surface area (Å²) in [5.41, 5.74) is 1.34. The van der Waals surface area contributed by atoms with Crippen molar-refractivity contribution in [2.24, 2.45) is 5.41 Å². The number of amides is 2. The molecule has 0 aromatic heterocycles. The third kappa shape index (κ3) is 4.57. The van der Waals surface area contributed by atoms with Crippen LogP contribution in [-0.2, 0) is 4.79 Å². The zero-order valence-electron chi connectivity index (χ0n) is 17.0. The van der Waals surface area contributed by atoms with E-state index in [1.54, 1.807) is 7.11 Å². The minimum Gasteiger partial charge on any atom is -0.496 e. The fraction of sp³-hybridized carbons (Fsp3) is 0.619. The van der Waals surface area contributed by atoms with E-state index in [0.29, 0.717) is 31.7 Å². The molecule has 1 saturated heterocycles. The third-order valence-electron chi connectivity index (χ3n) is 4.81. The molecule has 0 radical (unpaired) electrons. The molecule has 2 amide bonds. The molecule has 1 aliphatic heterocycles. The van der Waals surface area contributed by atoms with Crippen LogP contribution in [0, 0.1) is 5.41 Å². The molecule has 0 atom stereocenters. The van der Waals surface area contributed by atoms with Crippen LogP contribution in [0.15, 0.2) is 18.2 Å². The molecule has 0 saturated carbocycles. The number of carbonyl (C=O) groups excluding carboxylic acids is 2. The van der Waals surface area contributed by atoms with Crippen LogP contribution < -0.4 is 4.74 Å². The summed E-state index contributed by atoms with van der Waals surface area (Å²) in [7, 11) is 1.65. The molecule has 1 fully saturated rings. The summed E-state index contributed by atoms with van der Waals surface area (Å²) >= 11 is 0. The van der Waals surface area contributed by atoms with E-state index in [9.17, 15) is 9.59 Å². The Labute approximate surface area is 157 Å². The van der Waals surface area contributed by atoms with Gasteiger partial charge in [0, 0.05) is 37.2 Å². The van der Waals surface area contributed by atoms with Gasteiger partial charge in [-0.25, -0.2) is 0 Å². The van der Waals surface area contributed by atoms with Crippen molar-refractivity contribution in [2.75, 3.05) is 33.3 Å². The Morgan fingerprint density at radius 2 is 1.65 bits per heavy atom. The van der Waals surface area contributed by atoms with Gasteiger partial charge >= 0.3 is 0 Å². The number of nitrogens with zero attached hydrogens (tertiary/aromatic N) is 2. The quantitative estimate of drug-likeness (QED) is 0.828. The van der Waals surface area contributed by atoms with Gasteiger partial charge in [0.2, 0.25) is 5.91 Å². The Bertz CT molecular complexity index is 662. The van der Waals surface area contributed by atoms with Gasteiger partial charge in [0.25, 0.3) is 5.91 Å². The number of methoxy groups -OCH3 is 1. The van der Waals surface area contributed by atoms with Gasteiger partial charge in [0.05, 0.1) is 7.11 Å². The van der Waals surface area contributed by atoms with Gasteiger partial charge < -0.3 is 14.5 Å². The molecule has 0 aliphatic carbocycles. The second kappa shape index (κ2) is 8.11. The van der Waals surface area contributed by atoms with Gasteiger partial charge in [0.1, 0.15) is 5.75 Å². The second-order valence-electron chi connectivity index (χ2n) is 8.30. The van der Waals surface area contributed by atoms with Crippen molar-refractivity contribution in [3.8, 4) is 5.75 Å². The maximum atomic E-state index is 13.0. The van der Waals surface area contributed by atoms with Crippen LogP contribution >= 0.6 is 0 Å². The van der Waals surface area contributed by atoms with Crippen LogP contribution in [0.3, 0.4) is 0 Å². The molecule has 5 nitrogen and oxygen atoms in total. The number of hydrogen-bond donors (Lipinski definition) is 0. The monoisotopic (exact) mass is 360 g/mol. The molecule has 1 aliphatic rings. The van der Waals surface area contributed by atoms with Crippen LogP contribution in [0.1, 0.15) is 62.9 Å². The fourth-order valence-corrected chi connectivity index (χ4v) is 3.30. The number of hydrogen-bond acceptors (Lipinski definition) is 3. The maximum absolute atomic E-state index is 13.0. The van der Waals surface area contributed by atoms with Crippen molar-refractivity contribution in [1.82, 2.24) is 9.80 Å². The van der Waals surface area contributed by atoms with E-state index in [1.807, 2.05) is 48.8 Å². The summed E-state index contributed by atoms with van der Waals surface area (Å²) in [4.78, 5) is 29.3. The lowest BCUT2D eigenvalue weighted by molar-refractivity contribution is -0.139. The molecule has 1 aromatic carbocycles. The SMILES string of the molecule is COc1ccc(C(=O)N2CCCN(C(=O)C(C)(C)C)CC2)cc1C(C)C. The van der Waals surface area contributed by atoms with Gasteiger partial charge in [-0.3, -0.25) is 9.59 Å². The van der Waals surface area contributed by atoms with E-state index in [2.05, 4.69) is 13.8 Å². The van der Waals surface area contributed by atoms with E-state index in [1.165, 1.54) is 0 Å². The zero-order valence-corrected chi connectivity index (χ0v) is 17.0. The lowest BCUT2D eigenvalue weighted by atomic mass is 9.94. The minimum atomic E-state index is -0.388. The Kier molecular flexibility index (Phi) is 6.32. The lowest BCUT2D eigenvalue weighted by Crippen LogP contribution is -2.42. The van der Waals surface area contributed by atoms with E-state index in [4.69, 9.17) is 4.74 Å². The van der Waals surface area contributed by atoms with Crippen molar-refractivity contribution in [1.29, 1.82) is 0 Å². The molecule has 0 N–H and O–H groups in total. The minimum absolute atomic E-state index is 0.0274. The first-order chi connectivity index (χ1) is 12.1. The summed E-state index contributed by atoms with van der Waals surface area (Å²) in [5.74, 6) is 1.27. The molecule has 0 unspecified atom stereocenters. The predicted molar refractivity (Wildman–Crippen MR) is 104 cm³/mol. The largest absolute Gasteiger partial charge is 0.496 e. The van der Waals surface area contributed by atoms with Gasteiger partial charge in [-0.1, -0.05) is 34.6 Å². The van der Waals surface area contributed by atoms with E-state index in [-0.39, 0.29) is 23.1 Å². The summed E-state index contributed by atoms with van der Waals surface area (Å²) in [6.07, 6.45) is 0.806. The Morgan fingerprint density at radius 1 is 1.04 bits per heavy atom. The summed E-state index contributed by atoms with van der Waals surface area (Å²) in [6.45, 7) is 12.5. The van der Waals surface area contributed by atoms with E-state index in [0.717, 1.165) is 17.7 Å². The predicted octanol–water partition coefficient (Wildman–Crippen LogP) is 3.54. The third-order valence-corrected chi connectivity index (χ3v) is 4.81. The normalized spacial score (nSPS) is 15.8. The van der Waals surface area contributed by atoms with Crippen molar-refractivity contribution in [3.05, 3.63) is 29.3 Å². The topological polar surface area (TPSA) is 49.9 Å². The summed E-state index contributed by atoms with van der Waals surface area (Å²) < 4.78 is 5.41. The van der Waals surface area contributed by atoms with Crippen LogP contribution in [0.4, 0.5) is 0 Å². The van der Waals surface area contributed by atoms with Crippen molar-refractivity contribution in [3.63, 3.8) is 0 Å². The van der Waals surface area contributed by atoms with Crippen molar-refractivity contribution < 1.29 is 14.3 Å². The van der Waals surface area contributed by atoms with Gasteiger partial charge in [-0.2, -0.15) is 0 Å². The molecular weight excluding hydrogens is 328 g/mol. The molecule has 1 aromatic rings. The zero-order chi connectivity index (χ0) is 19.5. The second-order valence-corrected chi connectivity index (χ2v) is 8.30. The number of ether oxygens (including phenoxy) is 1. The summed E-state index contributed by atoms with van der Waals surface area (Å²) in [5, 5.41) is 0. The van der Waals surface area contributed by atoms with Crippen LogP contribution in [0.2, 0.25) is 0 Å². The first-order valence-corrected chi connectivity index (χ1v) is 9.41. The highest BCUT2D eigenvalue weighted by Crippen LogP contribution is 2.28. The van der Waals surface area contributed by atoms with Gasteiger partial charge in [-0.05, 0) is 36.1 Å². The number of rotatable bonds is 3. The molecule has 0 bridgehead atoms. The van der Waals surface area contributed by atoms with Crippen LogP contribution in [0.5, 0.6) is 5.75 Å². The highest BCUT2D eigenvalue weighted by molar-refractivity contribution is 5.94. The highest BCUT2D eigenvalue weighted by Gasteiger charge is 2.29. The molecule has 1 heterocycles. The summed E-state index contributed by atoms with van der Waals surface area (Å²) in [6, 6.07) is 5.64. The fourth-order valence-electron chi connectivity index (χ4n) is 3.30. The molecule has 26 heavy (non-hydrogen) atoms. The van der Waals surface area contributed by atoms with Crippen molar-refractivity contribution >= 4 is 11.8 Å². The van der Waals surface area contributed by atoms with Crippen molar-refractivity contribution in [2.45, 2.75) is 47.0 Å². The Morgan fingerprint density at radius 3 is 2.23 bits per heavy atom. The molecular formula is C21H32N2O3. The first-order valence-electron chi connectivity index (χ1n) is 9.41.